The molecule has 1 aromatic rings. The van der Waals surface area contributed by atoms with Crippen LogP contribution in [-0.2, 0) is 4.79 Å². The number of carboxylic acids is 1. The molecule has 1 rings (SSSR count). The molecular formula is C15H22N2O3. The number of hydrogen-bond donors (Lipinski definition) is 2. The number of anilines is 1. The Labute approximate surface area is 119 Å². The molecule has 1 amide bonds. The SMILES string of the molecule is CN(C)c1ccc(C(=O)N[C@H](C(=O)O)C(C)(C)C)cc1. The first kappa shape index (κ1) is 16.0. The zero-order valence-electron chi connectivity index (χ0n) is 12.6. The Hall–Kier alpha value is -2.04. The summed E-state index contributed by atoms with van der Waals surface area (Å²) in [6.45, 7) is 5.34. The first-order chi connectivity index (χ1) is 9.12. The largest absolute Gasteiger partial charge is 0.480 e. The molecule has 5 heteroatoms. The van der Waals surface area contributed by atoms with Crippen LogP contribution in [0.1, 0.15) is 31.1 Å². The van der Waals surface area contributed by atoms with Crippen molar-refractivity contribution in [2.75, 3.05) is 19.0 Å². The van der Waals surface area contributed by atoms with Crippen molar-refractivity contribution < 1.29 is 14.7 Å². The molecule has 110 valence electrons. The summed E-state index contributed by atoms with van der Waals surface area (Å²) in [5.74, 6) is -1.41. The minimum absolute atomic E-state index is 0.377. The van der Waals surface area contributed by atoms with Crippen molar-refractivity contribution in [1.29, 1.82) is 0 Å². The van der Waals surface area contributed by atoms with Crippen LogP contribution in [0.25, 0.3) is 0 Å². The van der Waals surface area contributed by atoms with Crippen molar-refractivity contribution in [2.45, 2.75) is 26.8 Å². The Morgan fingerprint density at radius 2 is 1.65 bits per heavy atom. The van der Waals surface area contributed by atoms with Gasteiger partial charge in [-0.3, -0.25) is 4.79 Å². The van der Waals surface area contributed by atoms with Crippen LogP contribution in [0.4, 0.5) is 5.69 Å². The highest BCUT2D eigenvalue weighted by atomic mass is 16.4. The lowest BCUT2D eigenvalue weighted by atomic mass is 9.86. The van der Waals surface area contributed by atoms with Gasteiger partial charge in [-0.25, -0.2) is 4.79 Å². The molecule has 0 saturated carbocycles. The van der Waals surface area contributed by atoms with E-state index in [9.17, 15) is 14.7 Å². The van der Waals surface area contributed by atoms with Gasteiger partial charge in [-0.15, -0.1) is 0 Å². The number of nitrogens with zero attached hydrogens (tertiary/aromatic N) is 1. The highest BCUT2D eigenvalue weighted by Gasteiger charge is 2.32. The van der Waals surface area contributed by atoms with Crippen LogP contribution < -0.4 is 10.2 Å². The number of carbonyl (C=O) groups is 2. The first-order valence-corrected chi connectivity index (χ1v) is 6.44. The van der Waals surface area contributed by atoms with Crippen molar-refractivity contribution in [3.8, 4) is 0 Å². The van der Waals surface area contributed by atoms with Gasteiger partial charge < -0.3 is 15.3 Å². The van der Waals surface area contributed by atoms with E-state index in [1.807, 2.05) is 31.1 Å². The number of aliphatic carboxylic acids is 1. The van der Waals surface area contributed by atoms with E-state index in [4.69, 9.17) is 0 Å². The molecule has 0 heterocycles. The average Bonchev–Trinajstić information content (AvgIpc) is 2.33. The number of amides is 1. The lowest BCUT2D eigenvalue weighted by Crippen LogP contribution is -2.49. The standard InChI is InChI=1S/C15H22N2O3/c1-15(2,3)12(14(19)20)16-13(18)10-6-8-11(9-7-10)17(4)5/h6-9,12H,1-5H3,(H,16,18)(H,19,20)/t12-/m1/s1. The van der Waals surface area contributed by atoms with Gasteiger partial charge in [-0.05, 0) is 29.7 Å². The summed E-state index contributed by atoms with van der Waals surface area (Å²) in [6.07, 6.45) is 0. The second-order valence-electron chi connectivity index (χ2n) is 6.05. The smallest absolute Gasteiger partial charge is 0.326 e. The van der Waals surface area contributed by atoms with Gasteiger partial charge in [0.2, 0.25) is 0 Å². The van der Waals surface area contributed by atoms with Crippen LogP contribution in [0, 0.1) is 5.41 Å². The lowest BCUT2D eigenvalue weighted by Gasteiger charge is -2.27. The predicted molar refractivity (Wildman–Crippen MR) is 79.1 cm³/mol. The summed E-state index contributed by atoms with van der Waals surface area (Å²) in [4.78, 5) is 25.3. The summed E-state index contributed by atoms with van der Waals surface area (Å²) >= 11 is 0. The summed E-state index contributed by atoms with van der Waals surface area (Å²) in [6, 6.07) is 6.09. The second-order valence-corrected chi connectivity index (χ2v) is 6.05. The normalized spacial score (nSPS) is 12.7. The molecule has 0 aliphatic carbocycles. The third-order valence-electron chi connectivity index (χ3n) is 3.03. The maximum atomic E-state index is 12.1. The molecule has 20 heavy (non-hydrogen) atoms. The van der Waals surface area contributed by atoms with E-state index in [2.05, 4.69) is 5.32 Å². The Morgan fingerprint density at radius 1 is 1.15 bits per heavy atom. The molecule has 0 aliphatic heterocycles. The fraction of sp³-hybridized carbons (Fsp3) is 0.467. The monoisotopic (exact) mass is 278 g/mol. The Morgan fingerprint density at radius 3 is 2.00 bits per heavy atom. The zero-order valence-corrected chi connectivity index (χ0v) is 12.6. The number of carboxylic acid groups (broad SMARTS) is 1. The molecule has 2 N–H and O–H groups in total. The van der Waals surface area contributed by atoms with Gasteiger partial charge in [0.05, 0.1) is 0 Å². The molecule has 0 radical (unpaired) electrons. The highest BCUT2D eigenvalue weighted by molar-refractivity contribution is 5.97. The predicted octanol–water partition coefficient (Wildman–Crippen LogP) is 1.98. The molecule has 0 unspecified atom stereocenters. The van der Waals surface area contributed by atoms with Crippen molar-refractivity contribution in [3.05, 3.63) is 29.8 Å². The fourth-order valence-electron chi connectivity index (χ4n) is 1.77. The number of nitrogens with one attached hydrogen (secondary N) is 1. The molecule has 0 bridgehead atoms. The molecule has 0 fully saturated rings. The number of hydrogen-bond acceptors (Lipinski definition) is 3. The average molecular weight is 278 g/mol. The lowest BCUT2D eigenvalue weighted by molar-refractivity contribution is -0.142. The Balaban J connectivity index is 2.87. The Kier molecular flexibility index (Phi) is 4.76. The van der Waals surface area contributed by atoms with Crippen LogP contribution >= 0.6 is 0 Å². The molecule has 0 aromatic heterocycles. The van der Waals surface area contributed by atoms with Crippen molar-refractivity contribution >= 4 is 17.6 Å². The van der Waals surface area contributed by atoms with Crippen LogP contribution in [0.5, 0.6) is 0 Å². The van der Waals surface area contributed by atoms with Crippen molar-refractivity contribution in [2.24, 2.45) is 5.41 Å². The quantitative estimate of drug-likeness (QED) is 0.883. The van der Waals surface area contributed by atoms with E-state index in [-0.39, 0.29) is 5.91 Å². The molecule has 0 aliphatic rings. The van der Waals surface area contributed by atoms with E-state index < -0.39 is 17.4 Å². The topological polar surface area (TPSA) is 69.6 Å². The minimum Gasteiger partial charge on any atom is -0.480 e. The summed E-state index contributed by atoms with van der Waals surface area (Å²) < 4.78 is 0. The molecule has 1 aromatic carbocycles. The summed E-state index contributed by atoms with van der Waals surface area (Å²) in [7, 11) is 3.82. The molecule has 0 saturated heterocycles. The fourth-order valence-corrected chi connectivity index (χ4v) is 1.77. The molecule has 0 spiro atoms. The Bertz CT molecular complexity index is 487. The third-order valence-corrected chi connectivity index (χ3v) is 3.03. The van der Waals surface area contributed by atoms with E-state index in [1.165, 1.54) is 0 Å². The minimum atomic E-state index is -1.03. The number of carbonyl (C=O) groups excluding carboxylic acids is 1. The van der Waals surface area contributed by atoms with Crippen LogP contribution in [-0.4, -0.2) is 37.1 Å². The molecule has 5 nitrogen and oxygen atoms in total. The van der Waals surface area contributed by atoms with E-state index in [0.29, 0.717) is 5.56 Å². The zero-order chi connectivity index (χ0) is 15.5. The van der Waals surface area contributed by atoms with Gasteiger partial charge in [0.15, 0.2) is 0 Å². The molecule has 1 atom stereocenters. The van der Waals surface area contributed by atoms with Gasteiger partial charge in [0, 0.05) is 25.3 Å². The summed E-state index contributed by atoms with van der Waals surface area (Å²) in [5.41, 5.74) is 0.878. The van der Waals surface area contributed by atoms with Gasteiger partial charge in [-0.1, -0.05) is 20.8 Å². The van der Waals surface area contributed by atoms with E-state index in [1.54, 1.807) is 32.9 Å². The third kappa shape index (κ3) is 3.98. The van der Waals surface area contributed by atoms with Crippen molar-refractivity contribution in [3.63, 3.8) is 0 Å². The first-order valence-electron chi connectivity index (χ1n) is 6.44. The van der Waals surface area contributed by atoms with Crippen molar-refractivity contribution in [1.82, 2.24) is 5.32 Å². The highest BCUT2D eigenvalue weighted by Crippen LogP contribution is 2.20. The number of rotatable bonds is 4. The van der Waals surface area contributed by atoms with E-state index >= 15 is 0 Å². The van der Waals surface area contributed by atoms with Crippen LogP contribution in [0.2, 0.25) is 0 Å². The van der Waals surface area contributed by atoms with Crippen LogP contribution in [0.3, 0.4) is 0 Å². The molecular weight excluding hydrogens is 256 g/mol. The van der Waals surface area contributed by atoms with Gasteiger partial charge in [0.25, 0.3) is 5.91 Å². The van der Waals surface area contributed by atoms with Gasteiger partial charge >= 0.3 is 5.97 Å². The van der Waals surface area contributed by atoms with E-state index in [0.717, 1.165) is 5.69 Å². The van der Waals surface area contributed by atoms with Gasteiger partial charge in [0.1, 0.15) is 6.04 Å². The van der Waals surface area contributed by atoms with Gasteiger partial charge in [-0.2, -0.15) is 0 Å². The van der Waals surface area contributed by atoms with Crippen LogP contribution in [0.15, 0.2) is 24.3 Å². The maximum Gasteiger partial charge on any atom is 0.326 e. The maximum absolute atomic E-state index is 12.1. The summed E-state index contributed by atoms with van der Waals surface area (Å²) in [5, 5.41) is 11.8. The second kappa shape index (κ2) is 5.94. The number of benzene rings is 1.